The number of hydrogen-bond acceptors (Lipinski definition) is 2. The Kier molecular flexibility index (Phi) is 7.28. The molecule has 1 N–H and O–H groups in total. The zero-order valence-corrected chi connectivity index (χ0v) is 12.3. The van der Waals surface area contributed by atoms with Crippen LogP contribution < -0.4 is 0 Å². The number of hydrogen-bond donors (Lipinski definition) is 1. The van der Waals surface area contributed by atoms with Crippen molar-refractivity contribution in [2.24, 2.45) is 0 Å². The minimum atomic E-state index is -0.767. The summed E-state index contributed by atoms with van der Waals surface area (Å²) in [5.41, 5.74) is 0. The Morgan fingerprint density at radius 1 is 1.60 bits per heavy atom. The third-order valence-electron chi connectivity index (χ3n) is 0.606. The van der Waals surface area contributed by atoms with Gasteiger partial charge in [-0.25, -0.2) is 0 Å². The third-order valence-corrected chi connectivity index (χ3v) is 4.66. The first-order valence-electron chi connectivity index (χ1n) is 2.38. The van der Waals surface area contributed by atoms with E-state index in [0.29, 0.717) is 0 Å². The summed E-state index contributed by atoms with van der Waals surface area (Å²) in [6, 6.07) is 0. The highest BCUT2D eigenvalue weighted by Gasteiger charge is 2.24. The molecule has 62 valence electrons. The predicted molar refractivity (Wildman–Crippen MR) is 65.5 cm³/mol. The lowest BCUT2D eigenvalue weighted by Crippen LogP contribution is -2.25. The van der Waals surface area contributed by atoms with Gasteiger partial charge in [0.25, 0.3) is 0 Å². The lowest BCUT2D eigenvalue weighted by Gasteiger charge is -2.20. The molecule has 0 amide bonds. The molecular formula is C4H6Br2I2O2. The molecule has 0 aromatic carbocycles. The van der Waals surface area contributed by atoms with E-state index in [-0.39, 0.29) is 10.7 Å². The molecule has 0 bridgehead atoms. The van der Waals surface area contributed by atoms with Gasteiger partial charge >= 0.3 is 0 Å². The van der Waals surface area contributed by atoms with E-state index in [9.17, 15) is 0 Å². The highest BCUT2D eigenvalue weighted by atomic mass is 127. The second-order valence-corrected chi connectivity index (χ2v) is 7.37. The fourth-order valence-corrected chi connectivity index (χ4v) is 2.02. The molecule has 1 unspecified atom stereocenters. The molecule has 0 aliphatic carbocycles. The van der Waals surface area contributed by atoms with E-state index in [2.05, 4.69) is 77.0 Å². The fourth-order valence-electron chi connectivity index (χ4n) is 0.256. The first-order valence-corrected chi connectivity index (χ1v) is 6.74. The van der Waals surface area contributed by atoms with Gasteiger partial charge in [-0.05, 0) is 31.9 Å². The predicted octanol–water partition coefficient (Wildman–Crippen LogP) is 2.64. The number of aliphatic hydroxyl groups is 1. The van der Waals surface area contributed by atoms with Crippen molar-refractivity contribution in [2.75, 3.05) is 11.0 Å². The molecule has 0 saturated heterocycles. The van der Waals surface area contributed by atoms with Crippen LogP contribution in [0.15, 0.2) is 0 Å². The SMILES string of the molecule is OCC(Br)(Br)OC(I)CI. The topological polar surface area (TPSA) is 29.5 Å². The Morgan fingerprint density at radius 2 is 2.10 bits per heavy atom. The molecule has 1 atom stereocenters. The monoisotopic (exact) mass is 498 g/mol. The Hall–Kier alpha value is 2.34. The van der Waals surface area contributed by atoms with E-state index in [1.807, 2.05) is 0 Å². The molecular weight excluding hydrogens is 494 g/mol. The standard InChI is InChI=1S/C4H6Br2I2O2/c5-4(6,2-9)10-3(8)1-7/h3,9H,1-2H2. The second-order valence-electron chi connectivity index (χ2n) is 1.48. The Balaban J connectivity index is 3.64. The zero-order chi connectivity index (χ0) is 8.20. The van der Waals surface area contributed by atoms with Crippen LogP contribution in [0.2, 0.25) is 0 Å². The van der Waals surface area contributed by atoms with Gasteiger partial charge in [0.2, 0.25) is 3.42 Å². The third kappa shape index (κ3) is 5.92. The fraction of sp³-hybridized carbons (Fsp3) is 1.00. The average Bonchev–Trinajstić information content (AvgIpc) is 1.87. The van der Waals surface area contributed by atoms with E-state index in [0.717, 1.165) is 4.43 Å². The Bertz CT molecular complexity index is 101. The highest BCUT2D eigenvalue weighted by Crippen LogP contribution is 2.30. The summed E-state index contributed by atoms with van der Waals surface area (Å²) in [7, 11) is 0. The molecule has 0 saturated carbocycles. The summed E-state index contributed by atoms with van der Waals surface area (Å²) >= 11 is 10.7. The first kappa shape index (κ1) is 12.3. The number of alkyl halides is 4. The van der Waals surface area contributed by atoms with Crippen LogP contribution in [0.1, 0.15) is 0 Å². The molecule has 6 heteroatoms. The van der Waals surface area contributed by atoms with Gasteiger partial charge in [0.1, 0.15) is 4.11 Å². The van der Waals surface area contributed by atoms with E-state index < -0.39 is 3.42 Å². The normalized spacial score (nSPS) is 15.3. The lowest BCUT2D eigenvalue weighted by atomic mass is 10.7. The zero-order valence-electron chi connectivity index (χ0n) is 4.86. The highest BCUT2D eigenvalue weighted by molar-refractivity contribution is 14.1. The Morgan fingerprint density at radius 3 is 2.40 bits per heavy atom. The summed E-state index contributed by atoms with van der Waals surface area (Å²) in [5.74, 6) is 0. The van der Waals surface area contributed by atoms with E-state index in [1.165, 1.54) is 0 Å². The van der Waals surface area contributed by atoms with Crippen molar-refractivity contribution in [2.45, 2.75) is 7.53 Å². The maximum Gasteiger partial charge on any atom is 0.201 e. The largest absolute Gasteiger partial charge is 0.391 e. The number of aliphatic hydroxyl groups excluding tert-OH is 1. The van der Waals surface area contributed by atoms with Gasteiger partial charge in [-0.3, -0.25) is 0 Å². The van der Waals surface area contributed by atoms with Gasteiger partial charge in [0.15, 0.2) is 0 Å². The van der Waals surface area contributed by atoms with E-state index >= 15 is 0 Å². The maximum absolute atomic E-state index is 8.71. The molecule has 10 heavy (non-hydrogen) atoms. The maximum atomic E-state index is 8.71. The van der Waals surface area contributed by atoms with Crippen LogP contribution in [0.3, 0.4) is 0 Å². The average molecular weight is 500 g/mol. The van der Waals surface area contributed by atoms with Crippen LogP contribution in [0, 0.1) is 0 Å². The van der Waals surface area contributed by atoms with Crippen LogP contribution in [0.5, 0.6) is 0 Å². The number of rotatable bonds is 4. The number of ether oxygens (including phenoxy) is 1. The van der Waals surface area contributed by atoms with Crippen LogP contribution in [0.4, 0.5) is 0 Å². The molecule has 0 aromatic rings. The summed E-state index contributed by atoms with van der Waals surface area (Å²) in [6.45, 7) is -0.0941. The minimum absolute atomic E-state index is 0.0941. The quantitative estimate of drug-likeness (QED) is 0.476. The molecule has 0 aliphatic heterocycles. The van der Waals surface area contributed by atoms with Gasteiger partial charge < -0.3 is 9.84 Å². The summed E-state index contributed by atoms with van der Waals surface area (Å²) in [5, 5.41) is 8.71. The van der Waals surface area contributed by atoms with Gasteiger partial charge in [-0.1, -0.05) is 45.2 Å². The van der Waals surface area contributed by atoms with Gasteiger partial charge in [0, 0.05) is 4.43 Å². The molecule has 0 aromatic heterocycles. The smallest absolute Gasteiger partial charge is 0.201 e. The summed E-state index contributed by atoms with van der Waals surface area (Å²) in [4.78, 5) is 0. The molecule has 0 rings (SSSR count). The number of halogens is 4. The van der Waals surface area contributed by atoms with Crippen molar-refractivity contribution in [1.29, 1.82) is 0 Å². The van der Waals surface area contributed by atoms with Crippen LogP contribution in [-0.4, -0.2) is 23.7 Å². The van der Waals surface area contributed by atoms with Crippen LogP contribution >= 0.6 is 77.0 Å². The Labute approximate surface area is 104 Å². The second kappa shape index (κ2) is 5.90. The van der Waals surface area contributed by atoms with Crippen molar-refractivity contribution in [3.63, 3.8) is 0 Å². The van der Waals surface area contributed by atoms with Crippen molar-refractivity contribution >= 4 is 77.0 Å². The molecule has 0 radical (unpaired) electrons. The summed E-state index contributed by atoms with van der Waals surface area (Å²) in [6.07, 6.45) is 0. The van der Waals surface area contributed by atoms with Crippen molar-refractivity contribution in [3.05, 3.63) is 0 Å². The first-order chi connectivity index (χ1) is 4.52. The minimum Gasteiger partial charge on any atom is -0.391 e. The summed E-state index contributed by atoms with van der Waals surface area (Å²) < 4.78 is 5.52. The molecule has 0 heterocycles. The van der Waals surface area contributed by atoms with Crippen molar-refractivity contribution < 1.29 is 9.84 Å². The van der Waals surface area contributed by atoms with Gasteiger partial charge in [-0.15, -0.1) is 0 Å². The lowest BCUT2D eigenvalue weighted by molar-refractivity contribution is 0.0575. The molecule has 2 nitrogen and oxygen atoms in total. The van der Waals surface area contributed by atoms with Crippen molar-refractivity contribution in [3.8, 4) is 0 Å². The van der Waals surface area contributed by atoms with Crippen molar-refractivity contribution in [1.82, 2.24) is 0 Å². The van der Waals surface area contributed by atoms with Gasteiger partial charge in [0.05, 0.1) is 6.61 Å². The van der Waals surface area contributed by atoms with Crippen LogP contribution in [-0.2, 0) is 4.74 Å². The van der Waals surface area contributed by atoms with E-state index in [1.54, 1.807) is 0 Å². The van der Waals surface area contributed by atoms with E-state index in [4.69, 9.17) is 9.84 Å². The molecule has 0 fully saturated rings. The van der Waals surface area contributed by atoms with Gasteiger partial charge in [-0.2, -0.15) is 0 Å². The molecule has 0 spiro atoms. The molecule has 0 aliphatic rings. The van der Waals surface area contributed by atoms with Crippen LogP contribution in [0.25, 0.3) is 0 Å².